The summed E-state index contributed by atoms with van der Waals surface area (Å²) in [7, 11) is -3.22. The zero-order valence-corrected chi connectivity index (χ0v) is 13.8. The SMILES string of the molecule is CS(=O)(=O)c1ccc(C(O)c2cc(Br)c(Cl)s2)cc1. The van der Waals surface area contributed by atoms with E-state index in [4.69, 9.17) is 11.6 Å². The van der Waals surface area contributed by atoms with Crippen molar-refractivity contribution in [3.05, 3.63) is 49.6 Å². The van der Waals surface area contributed by atoms with E-state index >= 15 is 0 Å². The Labute approximate surface area is 128 Å². The predicted molar refractivity (Wildman–Crippen MR) is 80.6 cm³/mol. The van der Waals surface area contributed by atoms with Gasteiger partial charge in [0.1, 0.15) is 10.4 Å². The van der Waals surface area contributed by atoms with Gasteiger partial charge < -0.3 is 5.11 Å². The van der Waals surface area contributed by atoms with Crippen molar-refractivity contribution >= 4 is 48.7 Å². The van der Waals surface area contributed by atoms with E-state index in [1.165, 1.54) is 23.5 Å². The maximum Gasteiger partial charge on any atom is 0.175 e. The molecular formula is C12H10BrClO3S2. The number of thiophene rings is 1. The molecule has 1 heterocycles. The molecule has 0 aliphatic heterocycles. The van der Waals surface area contributed by atoms with E-state index in [0.717, 1.165) is 10.7 Å². The average molecular weight is 382 g/mol. The fourth-order valence-electron chi connectivity index (χ4n) is 1.56. The highest BCUT2D eigenvalue weighted by Crippen LogP contribution is 2.37. The van der Waals surface area contributed by atoms with E-state index in [9.17, 15) is 13.5 Å². The fraction of sp³-hybridized carbons (Fsp3) is 0.167. The zero-order valence-electron chi connectivity index (χ0n) is 9.80. The van der Waals surface area contributed by atoms with Gasteiger partial charge in [-0.05, 0) is 39.7 Å². The zero-order chi connectivity index (χ0) is 14.2. The van der Waals surface area contributed by atoms with Gasteiger partial charge in [0.25, 0.3) is 0 Å². The Hall–Kier alpha value is -0.400. The van der Waals surface area contributed by atoms with Gasteiger partial charge in [-0.3, -0.25) is 0 Å². The van der Waals surface area contributed by atoms with E-state index in [-0.39, 0.29) is 4.90 Å². The maximum atomic E-state index is 11.3. The second-order valence-electron chi connectivity index (χ2n) is 4.01. The Morgan fingerprint density at radius 1 is 1.32 bits per heavy atom. The Balaban J connectivity index is 2.32. The van der Waals surface area contributed by atoms with Crippen molar-refractivity contribution in [1.82, 2.24) is 0 Å². The van der Waals surface area contributed by atoms with Gasteiger partial charge in [-0.2, -0.15) is 0 Å². The third-order valence-electron chi connectivity index (χ3n) is 2.56. The van der Waals surface area contributed by atoms with Crippen LogP contribution in [0.4, 0.5) is 0 Å². The summed E-state index contributed by atoms with van der Waals surface area (Å²) in [6.45, 7) is 0. The molecule has 102 valence electrons. The fourth-order valence-corrected chi connectivity index (χ4v) is 3.94. The molecule has 0 aliphatic rings. The number of aliphatic hydroxyl groups is 1. The first-order valence-corrected chi connectivity index (χ1v) is 9.10. The lowest BCUT2D eigenvalue weighted by Gasteiger charge is -2.09. The van der Waals surface area contributed by atoms with Crippen molar-refractivity contribution in [1.29, 1.82) is 0 Å². The average Bonchev–Trinajstić information content (AvgIpc) is 2.68. The first-order valence-electron chi connectivity index (χ1n) is 5.22. The summed E-state index contributed by atoms with van der Waals surface area (Å²) in [5.74, 6) is 0. The molecule has 0 aliphatic carbocycles. The molecule has 19 heavy (non-hydrogen) atoms. The molecule has 0 saturated carbocycles. The van der Waals surface area contributed by atoms with Gasteiger partial charge in [-0.25, -0.2) is 8.42 Å². The second-order valence-corrected chi connectivity index (χ2v) is 8.57. The molecule has 1 aromatic heterocycles. The Bertz CT molecular complexity index is 673. The largest absolute Gasteiger partial charge is 0.383 e. The molecule has 1 N–H and O–H groups in total. The summed E-state index contributed by atoms with van der Waals surface area (Å²) in [6.07, 6.45) is 0.330. The molecule has 0 fully saturated rings. The predicted octanol–water partition coefficient (Wildman–Crippen LogP) is 3.65. The van der Waals surface area contributed by atoms with Gasteiger partial charge in [-0.1, -0.05) is 23.7 Å². The van der Waals surface area contributed by atoms with E-state index in [1.54, 1.807) is 18.2 Å². The lowest BCUT2D eigenvalue weighted by atomic mass is 10.1. The van der Waals surface area contributed by atoms with Crippen LogP contribution in [0.5, 0.6) is 0 Å². The van der Waals surface area contributed by atoms with Crippen LogP contribution in [0.2, 0.25) is 4.34 Å². The summed E-state index contributed by atoms with van der Waals surface area (Å²) in [5, 5.41) is 10.2. The van der Waals surface area contributed by atoms with Crippen LogP contribution >= 0.6 is 38.9 Å². The molecule has 0 spiro atoms. The molecule has 0 amide bonds. The lowest BCUT2D eigenvalue weighted by Crippen LogP contribution is -2.00. The molecule has 0 bridgehead atoms. The first-order chi connectivity index (χ1) is 8.79. The minimum atomic E-state index is -3.22. The first kappa shape index (κ1) is 15.0. The molecule has 3 nitrogen and oxygen atoms in total. The highest BCUT2D eigenvalue weighted by Gasteiger charge is 2.16. The van der Waals surface area contributed by atoms with Crippen molar-refractivity contribution in [2.45, 2.75) is 11.0 Å². The molecule has 1 aromatic carbocycles. The number of halogens is 2. The van der Waals surface area contributed by atoms with Crippen molar-refractivity contribution in [3.63, 3.8) is 0 Å². The summed E-state index contributed by atoms with van der Waals surface area (Å²) < 4.78 is 24.0. The van der Waals surface area contributed by atoms with Gasteiger partial charge >= 0.3 is 0 Å². The van der Waals surface area contributed by atoms with Crippen molar-refractivity contribution in [2.24, 2.45) is 0 Å². The van der Waals surface area contributed by atoms with Gasteiger partial charge in [0.15, 0.2) is 9.84 Å². The second kappa shape index (κ2) is 5.54. The minimum Gasteiger partial charge on any atom is -0.383 e. The normalized spacial score (nSPS) is 13.5. The maximum absolute atomic E-state index is 11.3. The van der Waals surface area contributed by atoms with Crippen LogP contribution in [0.3, 0.4) is 0 Å². The summed E-state index contributed by atoms with van der Waals surface area (Å²) in [5.41, 5.74) is 0.623. The van der Waals surface area contributed by atoms with Crippen molar-refractivity contribution in [3.8, 4) is 0 Å². The Morgan fingerprint density at radius 2 is 1.89 bits per heavy atom. The number of sulfone groups is 1. The highest BCUT2D eigenvalue weighted by atomic mass is 79.9. The monoisotopic (exact) mass is 380 g/mol. The Morgan fingerprint density at radius 3 is 2.32 bits per heavy atom. The van der Waals surface area contributed by atoms with E-state index in [0.29, 0.717) is 14.8 Å². The minimum absolute atomic E-state index is 0.230. The van der Waals surface area contributed by atoms with E-state index in [2.05, 4.69) is 15.9 Å². The molecule has 1 unspecified atom stereocenters. The molecule has 2 rings (SSSR count). The van der Waals surface area contributed by atoms with Crippen LogP contribution in [-0.2, 0) is 9.84 Å². The standard InChI is InChI=1S/C12H10BrClO3S2/c1-19(16,17)8-4-2-7(3-5-8)11(15)10-6-9(13)12(14)18-10/h2-6,11,15H,1H3. The number of hydrogen-bond donors (Lipinski definition) is 1. The van der Waals surface area contributed by atoms with Crippen LogP contribution in [-0.4, -0.2) is 19.8 Å². The van der Waals surface area contributed by atoms with Gasteiger partial charge in [0, 0.05) is 15.6 Å². The van der Waals surface area contributed by atoms with E-state index in [1.807, 2.05) is 0 Å². The van der Waals surface area contributed by atoms with Gasteiger partial charge in [0.05, 0.1) is 4.90 Å². The molecular weight excluding hydrogens is 372 g/mol. The Kier molecular flexibility index (Phi) is 4.37. The van der Waals surface area contributed by atoms with Crippen LogP contribution < -0.4 is 0 Å². The van der Waals surface area contributed by atoms with Gasteiger partial charge in [-0.15, -0.1) is 11.3 Å². The molecule has 1 atom stereocenters. The molecule has 0 saturated heterocycles. The third kappa shape index (κ3) is 3.38. The third-order valence-corrected chi connectivity index (χ3v) is 6.21. The van der Waals surface area contributed by atoms with Crippen molar-refractivity contribution < 1.29 is 13.5 Å². The summed E-state index contributed by atoms with van der Waals surface area (Å²) >= 11 is 10.5. The summed E-state index contributed by atoms with van der Waals surface area (Å²) in [6, 6.07) is 7.92. The van der Waals surface area contributed by atoms with Crippen LogP contribution in [0.25, 0.3) is 0 Å². The highest BCUT2D eigenvalue weighted by molar-refractivity contribution is 9.10. The molecule has 2 aromatic rings. The smallest absolute Gasteiger partial charge is 0.175 e. The number of benzene rings is 1. The summed E-state index contributed by atoms with van der Waals surface area (Å²) in [4.78, 5) is 0.929. The van der Waals surface area contributed by atoms with Gasteiger partial charge in [0.2, 0.25) is 0 Å². The number of rotatable bonds is 3. The molecule has 0 radical (unpaired) electrons. The lowest BCUT2D eigenvalue weighted by molar-refractivity contribution is 0.224. The van der Waals surface area contributed by atoms with Crippen LogP contribution in [0.1, 0.15) is 16.5 Å². The molecule has 7 heteroatoms. The van der Waals surface area contributed by atoms with E-state index < -0.39 is 15.9 Å². The van der Waals surface area contributed by atoms with Crippen LogP contribution in [0.15, 0.2) is 39.7 Å². The quantitative estimate of drug-likeness (QED) is 0.883. The number of hydrogen-bond acceptors (Lipinski definition) is 4. The van der Waals surface area contributed by atoms with Crippen LogP contribution in [0, 0.1) is 0 Å². The van der Waals surface area contributed by atoms with Crippen molar-refractivity contribution in [2.75, 3.05) is 6.26 Å². The number of aliphatic hydroxyl groups excluding tert-OH is 1. The topological polar surface area (TPSA) is 54.4 Å².